The summed E-state index contributed by atoms with van der Waals surface area (Å²) in [7, 11) is 0. The SMILES string of the molecule is CC1=N[C@@H](C)[C@@H](C)N=C1C. The van der Waals surface area contributed by atoms with Crippen molar-refractivity contribution in [3.63, 3.8) is 0 Å². The van der Waals surface area contributed by atoms with Gasteiger partial charge in [0.1, 0.15) is 0 Å². The summed E-state index contributed by atoms with van der Waals surface area (Å²) in [6, 6.07) is 0.729. The number of hydrogen-bond donors (Lipinski definition) is 0. The molecule has 56 valence electrons. The predicted molar refractivity (Wildman–Crippen MR) is 45.1 cm³/mol. The molecule has 0 aromatic carbocycles. The van der Waals surface area contributed by atoms with E-state index in [0.717, 1.165) is 11.4 Å². The number of rotatable bonds is 0. The molecule has 2 atom stereocenters. The molecule has 10 heavy (non-hydrogen) atoms. The molecule has 2 nitrogen and oxygen atoms in total. The lowest BCUT2D eigenvalue weighted by molar-refractivity contribution is 0.602. The Balaban J connectivity index is 2.83. The Bertz CT molecular complexity index is 169. The molecule has 0 spiro atoms. The first kappa shape index (κ1) is 7.45. The molecule has 0 bridgehead atoms. The van der Waals surface area contributed by atoms with Crippen LogP contribution in [-0.2, 0) is 0 Å². The Morgan fingerprint density at radius 2 is 1.20 bits per heavy atom. The Kier molecular flexibility index (Phi) is 1.88. The van der Waals surface area contributed by atoms with Crippen molar-refractivity contribution in [3.05, 3.63) is 0 Å². The molecule has 0 unspecified atom stereocenters. The zero-order valence-electron chi connectivity index (χ0n) is 7.05. The molecule has 0 amide bonds. The lowest BCUT2D eigenvalue weighted by Crippen LogP contribution is -2.26. The molecule has 0 N–H and O–H groups in total. The van der Waals surface area contributed by atoms with Gasteiger partial charge in [-0.05, 0) is 27.7 Å². The standard InChI is InChI=1S/C8H14N2/c1-5-6(2)10-8(4)7(3)9-5/h5-6H,1-4H3/t5-,6+. The Labute approximate surface area is 62.1 Å². The van der Waals surface area contributed by atoms with Crippen molar-refractivity contribution < 1.29 is 0 Å². The minimum absolute atomic E-state index is 0.365. The number of aliphatic imine (C=N–C) groups is 2. The van der Waals surface area contributed by atoms with Gasteiger partial charge in [-0.25, -0.2) is 0 Å². The molecule has 0 aromatic heterocycles. The Morgan fingerprint density at radius 1 is 0.900 bits per heavy atom. The largest absolute Gasteiger partial charge is 0.283 e. The van der Waals surface area contributed by atoms with Crippen LogP contribution in [0.25, 0.3) is 0 Å². The van der Waals surface area contributed by atoms with Crippen molar-refractivity contribution in [2.75, 3.05) is 0 Å². The second kappa shape index (κ2) is 2.52. The fourth-order valence-electron chi connectivity index (χ4n) is 1.01. The predicted octanol–water partition coefficient (Wildman–Crippen LogP) is 1.70. The van der Waals surface area contributed by atoms with E-state index in [0.29, 0.717) is 12.1 Å². The molecule has 0 fully saturated rings. The summed E-state index contributed by atoms with van der Waals surface area (Å²) in [6.45, 7) is 8.23. The first-order valence-electron chi connectivity index (χ1n) is 3.70. The van der Waals surface area contributed by atoms with Crippen LogP contribution in [0, 0.1) is 0 Å². The van der Waals surface area contributed by atoms with Crippen LogP contribution >= 0.6 is 0 Å². The minimum atomic E-state index is 0.365. The summed E-state index contributed by atoms with van der Waals surface area (Å²) >= 11 is 0. The van der Waals surface area contributed by atoms with E-state index in [2.05, 4.69) is 23.8 Å². The van der Waals surface area contributed by atoms with E-state index in [-0.39, 0.29) is 0 Å². The number of hydrogen-bond acceptors (Lipinski definition) is 2. The van der Waals surface area contributed by atoms with Crippen LogP contribution < -0.4 is 0 Å². The van der Waals surface area contributed by atoms with Crippen LogP contribution in [-0.4, -0.2) is 23.5 Å². The Morgan fingerprint density at radius 3 is 1.50 bits per heavy atom. The van der Waals surface area contributed by atoms with Crippen LogP contribution in [0.5, 0.6) is 0 Å². The molecule has 0 saturated carbocycles. The van der Waals surface area contributed by atoms with Crippen molar-refractivity contribution in [1.29, 1.82) is 0 Å². The van der Waals surface area contributed by atoms with Crippen molar-refractivity contribution >= 4 is 11.4 Å². The van der Waals surface area contributed by atoms with E-state index < -0.39 is 0 Å². The second-order valence-corrected chi connectivity index (χ2v) is 2.91. The van der Waals surface area contributed by atoms with E-state index in [1.807, 2.05) is 13.8 Å². The summed E-state index contributed by atoms with van der Waals surface area (Å²) < 4.78 is 0. The van der Waals surface area contributed by atoms with Gasteiger partial charge in [-0.2, -0.15) is 0 Å². The number of nitrogens with zero attached hydrogens (tertiary/aromatic N) is 2. The second-order valence-electron chi connectivity index (χ2n) is 2.91. The monoisotopic (exact) mass is 138 g/mol. The van der Waals surface area contributed by atoms with Gasteiger partial charge in [0, 0.05) is 0 Å². The molecular formula is C8H14N2. The van der Waals surface area contributed by atoms with Crippen molar-refractivity contribution in [3.8, 4) is 0 Å². The summed E-state index contributed by atoms with van der Waals surface area (Å²) in [5.41, 5.74) is 2.18. The van der Waals surface area contributed by atoms with Gasteiger partial charge in [0.25, 0.3) is 0 Å². The first-order chi connectivity index (χ1) is 4.61. The van der Waals surface area contributed by atoms with Crippen molar-refractivity contribution in [2.24, 2.45) is 9.98 Å². The quantitative estimate of drug-likeness (QED) is 0.486. The molecule has 0 radical (unpaired) electrons. The zero-order valence-corrected chi connectivity index (χ0v) is 7.05. The third kappa shape index (κ3) is 1.25. The van der Waals surface area contributed by atoms with Crippen LogP contribution in [0.15, 0.2) is 9.98 Å². The van der Waals surface area contributed by atoms with Crippen molar-refractivity contribution in [2.45, 2.75) is 39.8 Å². The highest BCUT2D eigenvalue weighted by atomic mass is 15.0. The van der Waals surface area contributed by atoms with E-state index in [4.69, 9.17) is 0 Å². The van der Waals surface area contributed by atoms with Gasteiger partial charge >= 0.3 is 0 Å². The summed E-state index contributed by atoms with van der Waals surface area (Å²) in [4.78, 5) is 8.86. The average Bonchev–Trinajstić information content (AvgIpc) is 1.84. The fraction of sp³-hybridized carbons (Fsp3) is 0.750. The maximum atomic E-state index is 4.43. The van der Waals surface area contributed by atoms with Crippen LogP contribution in [0.1, 0.15) is 27.7 Å². The molecule has 1 aliphatic rings. The van der Waals surface area contributed by atoms with Gasteiger partial charge in [-0.3, -0.25) is 9.98 Å². The molecule has 1 heterocycles. The lowest BCUT2D eigenvalue weighted by Gasteiger charge is -2.19. The van der Waals surface area contributed by atoms with Gasteiger partial charge in [0.05, 0.1) is 23.5 Å². The average molecular weight is 138 g/mol. The van der Waals surface area contributed by atoms with Crippen molar-refractivity contribution in [1.82, 2.24) is 0 Å². The smallest absolute Gasteiger partial charge is 0.0696 e. The molecule has 0 saturated heterocycles. The summed E-state index contributed by atoms with van der Waals surface area (Å²) in [5, 5.41) is 0. The van der Waals surface area contributed by atoms with Gasteiger partial charge in [0.2, 0.25) is 0 Å². The third-order valence-corrected chi connectivity index (χ3v) is 2.02. The van der Waals surface area contributed by atoms with E-state index >= 15 is 0 Å². The topological polar surface area (TPSA) is 24.7 Å². The molecule has 0 aliphatic carbocycles. The van der Waals surface area contributed by atoms with Crippen LogP contribution in [0.4, 0.5) is 0 Å². The van der Waals surface area contributed by atoms with E-state index in [9.17, 15) is 0 Å². The molecule has 1 aliphatic heterocycles. The highest BCUT2D eigenvalue weighted by Gasteiger charge is 2.15. The third-order valence-electron chi connectivity index (χ3n) is 2.02. The molecule has 1 rings (SSSR count). The summed E-state index contributed by atoms with van der Waals surface area (Å²) in [5.74, 6) is 0. The molecule has 0 aromatic rings. The fourth-order valence-corrected chi connectivity index (χ4v) is 1.01. The highest BCUT2D eigenvalue weighted by molar-refractivity contribution is 6.41. The highest BCUT2D eigenvalue weighted by Crippen LogP contribution is 2.09. The van der Waals surface area contributed by atoms with Crippen LogP contribution in [0.3, 0.4) is 0 Å². The first-order valence-corrected chi connectivity index (χ1v) is 3.70. The molecule has 2 heteroatoms. The van der Waals surface area contributed by atoms with Crippen LogP contribution in [0.2, 0.25) is 0 Å². The summed E-state index contributed by atoms with van der Waals surface area (Å²) in [6.07, 6.45) is 0. The minimum Gasteiger partial charge on any atom is -0.283 e. The Hall–Kier alpha value is -0.660. The van der Waals surface area contributed by atoms with Gasteiger partial charge in [-0.15, -0.1) is 0 Å². The van der Waals surface area contributed by atoms with E-state index in [1.54, 1.807) is 0 Å². The maximum Gasteiger partial charge on any atom is 0.0696 e. The van der Waals surface area contributed by atoms with Gasteiger partial charge < -0.3 is 0 Å². The maximum absolute atomic E-state index is 4.43. The molecular weight excluding hydrogens is 124 g/mol. The normalized spacial score (nSPS) is 33.2. The zero-order chi connectivity index (χ0) is 7.72. The lowest BCUT2D eigenvalue weighted by atomic mass is 10.1. The van der Waals surface area contributed by atoms with E-state index in [1.165, 1.54) is 0 Å². The van der Waals surface area contributed by atoms with Gasteiger partial charge in [0.15, 0.2) is 0 Å². The van der Waals surface area contributed by atoms with Gasteiger partial charge in [-0.1, -0.05) is 0 Å².